The first kappa shape index (κ1) is 40.8. The molecule has 0 bridgehead atoms. The predicted octanol–water partition coefficient (Wildman–Crippen LogP) is 13.6. The highest BCUT2D eigenvalue weighted by atomic mass is 16.5. The van der Waals surface area contributed by atoms with E-state index in [2.05, 4.69) is 43.5 Å². The van der Waals surface area contributed by atoms with Gasteiger partial charge in [0.05, 0.1) is 6.61 Å². The van der Waals surface area contributed by atoms with Crippen LogP contribution >= 0.6 is 0 Å². The van der Waals surface area contributed by atoms with E-state index in [-0.39, 0.29) is 12.1 Å². The standard InChI is InChI=1S/C39H75NO2/c1-4-7-9-11-13-15-17-19-21-23-25-27-29-31-33-35-37-38(40-39(41)42-6-3)36-34-32-30-28-26-24-22-20-18-16-14-12-10-8-5-2/h19-22,38H,4-18,23-37H2,1-3H3,(H,40,41)/b21-19-,22-20-. The second-order valence-corrected chi connectivity index (χ2v) is 12.7. The molecule has 0 aliphatic carbocycles. The highest BCUT2D eigenvalue weighted by Crippen LogP contribution is 2.16. The Hall–Kier alpha value is -1.25. The maximum Gasteiger partial charge on any atom is 0.407 e. The van der Waals surface area contributed by atoms with E-state index in [1.165, 1.54) is 173 Å². The lowest BCUT2D eigenvalue weighted by Gasteiger charge is -2.18. The van der Waals surface area contributed by atoms with E-state index in [0.717, 1.165) is 12.8 Å². The molecule has 1 amide bonds. The van der Waals surface area contributed by atoms with Gasteiger partial charge in [0.2, 0.25) is 0 Å². The van der Waals surface area contributed by atoms with Crippen molar-refractivity contribution in [2.75, 3.05) is 6.61 Å². The molecule has 3 nitrogen and oxygen atoms in total. The molecule has 1 N–H and O–H groups in total. The van der Waals surface area contributed by atoms with E-state index in [1.807, 2.05) is 6.92 Å². The van der Waals surface area contributed by atoms with Crippen LogP contribution in [0.5, 0.6) is 0 Å². The number of hydrogen-bond acceptors (Lipinski definition) is 2. The molecule has 42 heavy (non-hydrogen) atoms. The first-order valence-electron chi connectivity index (χ1n) is 19.0. The summed E-state index contributed by atoms with van der Waals surface area (Å²) in [6.07, 6.45) is 47.5. The largest absolute Gasteiger partial charge is 0.450 e. The summed E-state index contributed by atoms with van der Waals surface area (Å²) in [5.41, 5.74) is 0. The van der Waals surface area contributed by atoms with Crippen LogP contribution in [-0.2, 0) is 4.74 Å². The Morgan fingerprint density at radius 1 is 0.476 bits per heavy atom. The van der Waals surface area contributed by atoms with Crippen molar-refractivity contribution in [2.45, 2.75) is 213 Å². The van der Waals surface area contributed by atoms with Crippen LogP contribution < -0.4 is 5.32 Å². The first-order chi connectivity index (χ1) is 20.7. The van der Waals surface area contributed by atoms with Gasteiger partial charge in [-0.15, -0.1) is 0 Å². The van der Waals surface area contributed by atoms with E-state index in [4.69, 9.17) is 4.74 Å². The van der Waals surface area contributed by atoms with Crippen molar-refractivity contribution < 1.29 is 9.53 Å². The molecule has 0 aromatic heterocycles. The van der Waals surface area contributed by atoms with Crippen molar-refractivity contribution in [2.24, 2.45) is 0 Å². The van der Waals surface area contributed by atoms with Crippen molar-refractivity contribution in [3.8, 4) is 0 Å². The molecular formula is C39H75NO2. The third-order valence-electron chi connectivity index (χ3n) is 8.48. The summed E-state index contributed by atoms with van der Waals surface area (Å²) in [5.74, 6) is 0. The Bertz CT molecular complexity index is 585. The molecule has 0 saturated heterocycles. The van der Waals surface area contributed by atoms with Gasteiger partial charge in [-0.2, -0.15) is 0 Å². The van der Waals surface area contributed by atoms with E-state index in [1.54, 1.807) is 0 Å². The average molecular weight is 590 g/mol. The third-order valence-corrected chi connectivity index (χ3v) is 8.48. The van der Waals surface area contributed by atoms with Crippen molar-refractivity contribution in [1.82, 2.24) is 5.32 Å². The number of unbranched alkanes of at least 4 members (excludes halogenated alkanes) is 23. The molecule has 0 aliphatic heterocycles. The fraction of sp³-hybridized carbons (Fsp3) is 0.872. The van der Waals surface area contributed by atoms with Gasteiger partial charge in [-0.05, 0) is 71.1 Å². The molecule has 1 unspecified atom stereocenters. The molecule has 248 valence electrons. The maximum absolute atomic E-state index is 12.0. The molecule has 0 saturated carbocycles. The van der Waals surface area contributed by atoms with Gasteiger partial charge in [0.25, 0.3) is 0 Å². The summed E-state index contributed by atoms with van der Waals surface area (Å²) in [4.78, 5) is 12.0. The highest BCUT2D eigenvalue weighted by Gasteiger charge is 2.12. The number of hydrogen-bond donors (Lipinski definition) is 1. The average Bonchev–Trinajstić information content (AvgIpc) is 2.98. The molecule has 0 spiro atoms. The van der Waals surface area contributed by atoms with Crippen LogP contribution in [0.2, 0.25) is 0 Å². The molecule has 0 aliphatic rings. The second-order valence-electron chi connectivity index (χ2n) is 12.7. The van der Waals surface area contributed by atoms with E-state index in [0.29, 0.717) is 6.61 Å². The summed E-state index contributed by atoms with van der Waals surface area (Å²) in [7, 11) is 0. The molecule has 3 heteroatoms. The topological polar surface area (TPSA) is 38.3 Å². The van der Waals surface area contributed by atoms with E-state index in [9.17, 15) is 4.79 Å². The van der Waals surface area contributed by atoms with Gasteiger partial charge in [0, 0.05) is 6.04 Å². The smallest absolute Gasteiger partial charge is 0.407 e. The highest BCUT2D eigenvalue weighted by molar-refractivity contribution is 5.67. The van der Waals surface area contributed by atoms with Crippen molar-refractivity contribution >= 4 is 6.09 Å². The fourth-order valence-electron chi connectivity index (χ4n) is 5.73. The van der Waals surface area contributed by atoms with Crippen LogP contribution in [0.1, 0.15) is 207 Å². The second kappa shape index (κ2) is 35.9. The van der Waals surface area contributed by atoms with Crippen LogP contribution in [0.3, 0.4) is 0 Å². The number of amides is 1. The zero-order chi connectivity index (χ0) is 30.6. The number of alkyl carbamates (subject to hydrolysis) is 1. The number of carbonyl (C=O) groups excluding carboxylic acids is 1. The van der Waals surface area contributed by atoms with Crippen LogP contribution in [0.15, 0.2) is 24.3 Å². The number of nitrogens with one attached hydrogen (secondary N) is 1. The number of ether oxygens (including phenoxy) is 1. The van der Waals surface area contributed by atoms with Crippen LogP contribution in [0.4, 0.5) is 4.79 Å². The molecule has 0 heterocycles. The molecular weight excluding hydrogens is 514 g/mol. The summed E-state index contributed by atoms with van der Waals surface area (Å²) in [5, 5.41) is 3.14. The van der Waals surface area contributed by atoms with Crippen LogP contribution in [0.25, 0.3) is 0 Å². The van der Waals surface area contributed by atoms with Gasteiger partial charge >= 0.3 is 6.09 Å². The zero-order valence-corrected chi connectivity index (χ0v) is 28.9. The number of allylic oxidation sites excluding steroid dienone is 4. The summed E-state index contributed by atoms with van der Waals surface area (Å²) in [6.45, 7) is 6.89. The van der Waals surface area contributed by atoms with Gasteiger partial charge in [0.15, 0.2) is 0 Å². The van der Waals surface area contributed by atoms with Crippen molar-refractivity contribution in [1.29, 1.82) is 0 Å². The lowest BCUT2D eigenvalue weighted by molar-refractivity contribution is 0.146. The molecule has 0 aromatic rings. The molecule has 0 radical (unpaired) electrons. The minimum atomic E-state index is -0.236. The molecule has 0 rings (SSSR count). The van der Waals surface area contributed by atoms with Crippen LogP contribution in [0, 0.1) is 0 Å². The van der Waals surface area contributed by atoms with Gasteiger partial charge in [-0.3, -0.25) is 0 Å². The van der Waals surface area contributed by atoms with Crippen molar-refractivity contribution in [3.05, 3.63) is 24.3 Å². The molecule has 0 aromatic carbocycles. The van der Waals surface area contributed by atoms with Gasteiger partial charge in [0.1, 0.15) is 0 Å². The maximum atomic E-state index is 12.0. The van der Waals surface area contributed by atoms with Gasteiger partial charge < -0.3 is 10.1 Å². The predicted molar refractivity (Wildman–Crippen MR) is 187 cm³/mol. The monoisotopic (exact) mass is 590 g/mol. The number of rotatable bonds is 33. The summed E-state index contributed by atoms with van der Waals surface area (Å²) >= 11 is 0. The van der Waals surface area contributed by atoms with Gasteiger partial charge in [-0.25, -0.2) is 4.79 Å². The third kappa shape index (κ3) is 33.3. The fourth-order valence-corrected chi connectivity index (χ4v) is 5.73. The molecule has 1 atom stereocenters. The minimum absolute atomic E-state index is 0.236. The summed E-state index contributed by atoms with van der Waals surface area (Å²) in [6, 6.07) is 0.269. The Balaban J connectivity index is 3.75. The van der Waals surface area contributed by atoms with E-state index >= 15 is 0 Å². The minimum Gasteiger partial charge on any atom is -0.450 e. The zero-order valence-electron chi connectivity index (χ0n) is 28.9. The lowest BCUT2D eigenvalue weighted by Crippen LogP contribution is -2.35. The van der Waals surface area contributed by atoms with E-state index < -0.39 is 0 Å². The first-order valence-corrected chi connectivity index (χ1v) is 19.0. The normalized spacial score (nSPS) is 12.5. The lowest BCUT2D eigenvalue weighted by atomic mass is 10.00. The van der Waals surface area contributed by atoms with Gasteiger partial charge in [-0.1, -0.05) is 160 Å². The van der Waals surface area contributed by atoms with Crippen molar-refractivity contribution in [3.63, 3.8) is 0 Å². The Morgan fingerprint density at radius 2 is 0.786 bits per heavy atom. The van der Waals surface area contributed by atoms with Crippen LogP contribution in [-0.4, -0.2) is 18.7 Å². The Kier molecular flexibility index (Phi) is 34.9. The number of carbonyl (C=O) groups is 1. The summed E-state index contributed by atoms with van der Waals surface area (Å²) < 4.78 is 5.17. The molecule has 0 fully saturated rings. The SMILES string of the molecule is CCCCCCCC/C=C\CCCCCCCCC(CCCCCCC/C=C\CCCCCCCC)NC(=O)OCC. The Morgan fingerprint density at radius 3 is 1.12 bits per heavy atom. The quantitative estimate of drug-likeness (QED) is 0.0610. The Labute approximate surface area is 264 Å².